The van der Waals surface area contributed by atoms with Crippen molar-refractivity contribution in [3.8, 4) is 11.5 Å². The molecule has 0 heterocycles. The minimum atomic E-state index is -0.328. The summed E-state index contributed by atoms with van der Waals surface area (Å²) in [7, 11) is 1.72. The highest BCUT2D eigenvalue weighted by molar-refractivity contribution is 6.09. The van der Waals surface area contributed by atoms with Crippen LogP contribution >= 0.6 is 0 Å². The van der Waals surface area contributed by atoms with Gasteiger partial charge in [0.15, 0.2) is 0 Å². The predicted octanol–water partition coefficient (Wildman–Crippen LogP) is 5.67. The van der Waals surface area contributed by atoms with Crippen molar-refractivity contribution in [2.75, 3.05) is 30.5 Å². The quantitative estimate of drug-likeness (QED) is 0.323. The van der Waals surface area contributed by atoms with Crippen LogP contribution < -0.4 is 19.7 Å². The Morgan fingerprint density at radius 1 is 0.743 bits per heavy atom. The fraction of sp³-hybridized carbons (Fsp3) is 0.103. The first kappa shape index (κ1) is 23.6. The topological polar surface area (TPSA) is 67.9 Å². The Hall–Kier alpha value is -4.58. The van der Waals surface area contributed by atoms with Gasteiger partial charge >= 0.3 is 0 Å². The molecule has 0 saturated heterocycles. The van der Waals surface area contributed by atoms with Gasteiger partial charge in [-0.1, -0.05) is 54.6 Å². The molecule has 0 aliphatic carbocycles. The van der Waals surface area contributed by atoms with E-state index in [0.717, 1.165) is 11.4 Å². The van der Waals surface area contributed by atoms with Crippen molar-refractivity contribution in [1.82, 2.24) is 0 Å². The molecule has 35 heavy (non-hydrogen) atoms. The van der Waals surface area contributed by atoms with E-state index in [1.807, 2.05) is 66.7 Å². The van der Waals surface area contributed by atoms with Gasteiger partial charge in [0, 0.05) is 24.0 Å². The van der Waals surface area contributed by atoms with E-state index in [1.165, 1.54) is 0 Å². The van der Waals surface area contributed by atoms with Gasteiger partial charge in [0.25, 0.3) is 11.8 Å². The number of hydrogen-bond acceptors (Lipinski definition) is 4. The third kappa shape index (κ3) is 6.26. The molecule has 4 rings (SSSR count). The molecule has 176 valence electrons. The van der Waals surface area contributed by atoms with Crippen molar-refractivity contribution >= 4 is 23.2 Å². The van der Waals surface area contributed by atoms with Gasteiger partial charge in [-0.25, -0.2) is 0 Å². The van der Waals surface area contributed by atoms with Crippen LogP contribution in [0.5, 0.6) is 11.5 Å². The van der Waals surface area contributed by atoms with Crippen LogP contribution in [-0.2, 0) is 0 Å². The number of hydrogen-bond donors (Lipinski definition) is 1. The van der Waals surface area contributed by atoms with E-state index in [-0.39, 0.29) is 18.4 Å². The van der Waals surface area contributed by atoms with Gasteiger partial charge < -0.3 is 19.7 Å². The van der Waals surface area contributed by atoms with E-state index in [9.17, 15) is 9.59 Å². The number of anilines is 2. The number of para-hydroxylation sites is 3. The van der Waals surface area contributed by atoms with Crippen LogP contribution in [0.2, 0.25) is 0 Å². The van der Waals surface area contributed by atoms with Crippen LogP contribution in [-0.4, -0.2) is 32.1 Å². The van der Waals surface area contributed by atoms with Crippen LogP contribution in [0.25, 0.3) is 0 Å². The SMILES string of the molecule is CN(C(=O)c1cccc(NC(=O)c2ccccc2OCCOc2ccccc2)c1)c1ccccc1. The van der Waals surface area contributed by atoms with E-state index in [0.29, 0.717) is 29.2 Å². The molecule has 0 bridgehead atoms. The zero-order valence-electron chi connectivity index (χ0n) is 19.4. The molecule has 0 aromatic heterocycles. The van der Waals surface area contributed by atoms with Gasteiger partial charge in [0.1, 0.15) is 24.7 Å². The maximum absolute atomic E-state index is 13.0. The molecule has 6 nitrogen and oxygen atoms in total. The number of carbonyl (C=O) groups is 2. The van der Waals surface area contributed by atoms with Gasteiger partial charge in [0.2, 0.25) is 0 Å². The lowest BCUT2D eigenvalue weighted by Crippen LogP contribution is -2.26. The maximum atomic E-state index is 13.0. The lowest BCUT2D eigenvalue weighted by atomic mass is 10.1. The first-order chi connectivity index (χ1) is 17.1. The average molecular weight is 467 g/mol. The highest BCUT2D eigenvalue weighted by Crippen LogP contribution is 2.22. The minimum Gasteiger partial charge on any atom is -0.490 e. The van der Waals surface area contributed by atoms with Gasteiger partial charge in [-0.05, 0) is 54.6 Å². The fourth-order valence-electron chi connectivity index (χ4n) is 3.50. The average Bonchev–Trinajstić information content (AvgIpc) is 2.91. The Kier molecular flexibility index (Phi) is 7.76. The third-order valence-electron chi connectivity index (χ3n) is 5.30. The van der Waals surface area contributed by atoms with E-state index in [1.54, 1.807) is 54.4 Å². The lowest BCUT2D eigenvalue weighted by molar-refractivity contribution is 0.0989. The van der Waals surface area contributed by atoms with Crippen molar-refractivity contribution in [3.63, 3.8) is 0 Å². The van der Waals surface area contributed by atoms with Gasteiger partial charge in [-0.15, -0.1) is 0 Å². The normalized spacial score (nSPS) is 10.3. The first-order valence-corrected chi connectivity index (χ1v) is 11.3. The van der Waals surface area contributed by atoms with Gasteiger partial charge in [-0.2, -0.15) is 0 Å². The number of benzene rings is 4. The summed E-state index contributed by atoms with van der Waals surface area (Å²) in [5.74, 6) is 0.715. The lowest BCUT2D eigenvalue weighted by Gasteiger charge is -2.18. The van der Waals surface area contributed by atoms with E-state index in [2.05, 4.69) is 5.32 Å². The zero-order valence-corrected chi connectivity index (χ0v) is 19.4. The molecular formula is C29H26N2O4. The van der Waals surface area contributed by atoms with Crippen molar-refractivity contribution in [2.45, 2.75) is 0 Å². The number of rotatable bonds is 9. The smallest absolute Gasteiger partial charge is 0.259 e. The highest BCUT2D eigenvalue weighted by atomic mass is 16.5. The molecule has 0 unspecified atom stereocenters. The summed E-state index contributed by atoms with van der Waals surface area (Å²) in [6, 6.07) is 32.8. The van der Waals surface area contributed by atoms with Crippen molar-refractivity contribution in [3.05, 3.63) is 120 Å². The number of ether oxygens (including phenoxy) is 2. The molecular weight excluding hydrogens is 440 g/mol. The van der Waals surface area contributed by atoms with Crippen molar-refractivity contribution in [2.24, 2.45) is 0 Å². The summed E-state index contributed by atoms with van der Waals surface area (Å²) < 4.78 is 11.5. The first-order valence-electron chi connectivity index (χ1n) is 11.3. The molecule has 6 heteroatoms. The third-order valence-corrected chi connectivity index (χ3v) is 5.30. The Labute approximate surface area is 204 Å². The van der Waals surface area contributed by atoms with Crippen LogP contribution in [0.15, 0.2) is 109 Å². The molecule has 0 saturated carbocycles. The number of nitrogens with one attached hydrogen (secondary N) is 1. The van der Waals surface area contributed by atoms with Crippen molar-refractivity contribution < 1.29 is 19.1 Å². The monoisotopic (exact) mass is 466 g/mol. The predicted molar refractivity (Wildman–Crippen MR) is 137 cm³/mol. The van der Waals surface area contributed by atoms with Crippen LogP contribution in [0, 0.1) is 0 Å². The molecule has 0 aliphatic rings. The van der Waals surface area contributed by atoms with Gasteiger partial charge in [0.05, 0.1) is 5.56 Å². The fourth-order valence-corrected chi connectivity index (χ4v) is 3.50. The number of amides is 2. The minimum absolute atomic E-state index is 0.172. The second kappa shape index (κ2) is 11.5. The second-order valence-corrected chi connectivity index (χ2v) is 7.74. The molecule has 0 fully saturated rings. The standard InChI is InChI=1S/C29H26N2O4/c1-31(24-13-4-2-5-14-24)29(33)22-11-10-12-23(21-22)30-28(32)26-17-8-9-18-27(26)35-20-19-34-25-15-6-3-7-16-25/h2-18,21H,19-20H2,1H3,(H,30,32). The zero-order chi connectivity index (χ0) is 24.5. The van der Waals surface area contributed by atoms with Gasteiger partial charge in [-0.3, -0.25) is 9.59 Å². The Morgan fingerprint density at radius 2 is 1.40 bits per heavy atom. The molecule has 4 aromatic carbocycles. The Bertz CT molecular complexity index is 1280. The summed E-state index contributed by atoms with van der Waals surface area (Å²) in [4.78, 5) is 27.5. The number of nitrogens with zero attached hydrogens (tertiary/aromatic N) is 1. The molecule has 0 aliphatic heterocycles. The molecule has 1 N–H and O–H groups in total. The Balaban J connectivity index is 1.39. The summed E-state index contributed by atoms with van der Waals surface area (Å²) in [6.45, 7) is 0.633. The molecule has 0 atom stereocenters. The second-order valence-electron chi connectivity index (χ2n) is 7.74. The molecule has 2 amide bonds. The summed E-state index contributed by atoms with van der Waals surface area (Å²) in [5, 5.41) is 2.87. The van der Waals surface area contributed by atoms with Crippen LogP contribution in [0.3, 0.4) is 0 Å². The molecule has 0 spiro atoms. The summed E-state index contributed by atoms with van der Waals surface area (Å²) >= 11 is 0. The maximum Gasteiger partial charge on any atom is 0.259 e. The Morgan fingerprint density at radius 3 is 2.17 bits per heavy atom. The largest absolute Gasteiger partial charge is 0.490 e. The number of carbonyl (C=O) groups excluding carboxylic acids is 2. The van der Waals surface area contributed by atoms with Crippen LogP contribution in [0.4, 0.5) is 11.4 Å². The molecule has 4 aromatic rings. The summed E-state index contributed by atoms with van der Waals surface area (Å²) in [5.41, 5.74) is 2.17. The van der Waals surface area contributed by atoms with E-state index < -0.39 is 0 Å². The van der Waals surface area contributed by atoms with E-state index >= 15 is 0 Å². The van der Waals surface area contributed by atoms with E-state index in [4.69, 9.17) is 9.47 Å². The molecule has 0 radical (unpaired) electrons. The van der Waals surface area contributed by atoms with Crippen molar-refractivity contribution in [1.29, 1.82) is 0 Å². The summed E-state index contributed by atoms with van der Waals surface area (Å²) in [6.07, 6.45) is 0. The highest BCUT2D eigenvalue weighted by Gasteiger charge is 2.16. The van der Waals surface area contributed by atoms with Crippen LogP contribution in [0.1, 0.15) is 20.7 Å².